The zero-order valence-electron chi connectivity index (χ0n) is 16.4. The first-order chi connectivity index (χ1) is 13.3. The molecule has 0 N–H and O–H groups in total. The zero-order chi connectivity index (χ0) is 20.1. The SMILES string of the molecule is CC(C)(C)OC(=O)N1CC[C@@H](OC(=O)c2ccc(Oc3ccccc3)cc2)C1. The summed E-state index contributed by atoms with van der Waals surface area (Å²) in [6, 6.07) is 16.2. The molecule has 1 aliphatic rings. The molecule has 6 heteroatoms. The van der Waals surface area contributed by atoms with E-state index < -0.39 is 11.6 Å². The molecule has 0 saturated carbocycles. The Hall–Kier alpha value is -3.02. The van der Waals surface area contributed by atoms with E-state index in [0.717, 1.165) is 5.75 Å². The topological polar surface area (TPSA) is 65.1 Å². The highest BCUT2D eigenvalue weighted by Crippen LogP contribution is 2.22. The maximum absolute atomic E-state index is 12.4. The van der Waals surface area contributed by atoms with Gasteiger partial charge in [-0.25, -0.2) is 9.59 Å². The van der Waals surface area contributed by atoms with Crippen molar-refractivity contribution in [3.63, 3.8) is 0 Å². The molecule has 1 fully saturated rings. The van der Waals surface area contributed by atoms with Crippen molar-refractivity contribution in [2.75, 3.05) is 13.1 Å². The van der Waals surface area contributed by atoms with Gasteiger partial charge in [-0.15, -0.1) is 0 Å². The second-order valence-electron chi connectivity index (χ2n) is 7.68. The van der Waals surface area contributed by atoms with Gasteiger partial charge in [-0.1, -0.05) is 18.2 Å². The molecule has 2 aromatic carbocycles. The molecule has 0 bridgehead atoms. The van der Waals surface area contributed by atoms with Crippen molar-refractivity contribution < 1.29 is 23.8 Å². The molecule has 3 rings (SSSR count). The summed E-state index contributed by atoms with van der Waals surface area (Å²) in [6.07, 6.45) is -0.117. The van der Waals surface area contributed by atoms with E-state index in [1.165, 1.54) is 0 Å². The van der Waals surface area contributed by atoms with Gasteiger partial charge in [-0.2, -0.15) is 0 Å². The first-order valence-corrected chi connectivity index (χ1v) is 9.32. The fraction of sp³-hybridized carbons (Fsp3) is 0.364. The quantitative estimate of drug-likeness (QED) is 0.720. The Morgan fingerprint density at radius 3 is 2.25 bits per heavy atom. The third kappa shape index (κ3) is 5.49. The number of carbonyl (C=O) groups is 2. The van der Waals surface area contributed by atoms with Crippen LogP contribution in [0.15, 0.2) is 54.6 Å². The first-order valence-electron chi connectivity index (χ1n) is 9.32. The number of hydrogen-bond acceptors (Lipinski definition) is 5. The van der Waals surface area contributed by atoms with E-state index in [9.17, 15) is 9.59 Å². The molecular weight excluding hydrogens is 358 g/mol. The molecular formula is C22H25NO5. The number of amides is 1. The average molecular weight is 383 g/mol. The second-order valence-corrected chi connectivity index (χ2v) is 7.68. The fourth-order valence-corrected chi connectivity index (χ4v) is 2.82. The van der Waals surface area contributed by atoms with Gasteiger partial charge >= 0.3 is 12.1 Å². The molecule has 0 aromatic heterocycles. The summed E-state index contributed by atoms with van der Waals surface area (Å²) in [7, 11) is 0. The summed E-state index contributed by atoms with van der Waals surface area (Å²) in [6.45, 7) is 6.32. The van der Waals surface area contributed by atoms with E-state index in [0.29, 0.717) is 30.8 Å². The molecule has 1 heterocycles. The van der Waals surface area contributed by atoms with Crippen LogP contribution in [0.3, 0.4) is 0 Å². The van der Waals surface area contributed by atoms with E-state index in [1.54, 1.807) is 29.2 Å². The molecule has 28 heavy (non-hydrogen) atoms. The van der Waals surface area contributed by atoms with Crippen molar-refractivity contribution in [3.05, 3.63) is 60.2 Å². The van der Waals surface area contributed by atoms with Crippen molar-refractivity contribution in [1.82, 2.24) is 4.90 Å². The van der Waals surface area contributed by atoms with Crippen LogP contribution in [0.4, 0.5) is 4.79 Å². The van der Waals surface area contributed by atoms with E-state index in [1.807, 2.05) is 51.1 Å². The minimum atomic E-state index is -0.546. The standard InChI is InChI=1S/C22H25NO5/c1-22(2,3)28-21(25)23-14-13-19(15-23)27-20(24)16-9-11-18(12-10-16)26-17-7-5-4-6-8-17/h4-12,19H,13-15H2,1-3H3/t19-/m1/s1. The summed E-state index contributed by atoms with van der Waals surface area (Å²) < 4.78 is 16.6. The number of likely N-dealkylation sites (tertiary alicyclic amines) is 1. The largest absolute Gasteiger partial charge is 0.457 e. The minimum absolute atomic E-state index is 0.333. The van der Waals surface area contributed by atoms with E-state index in [-0.39, 0.29) is 12.2 Å². The molecule has 1 amide bonds. The molecule has 0 aliphatic carbocycles. The summed E-state index contributed by atoms with van der Waals surface area (Å²) in [5.74, 6) is 0.952. The Balaban J connectivity index is 1.52. The predicted octanol–water partition coefficient (Wildman–Crippen LogP) is 4.65. The van der Waals surface area contributed by atoms with Gasteiger partial charge in [0.15, 0.2) is 0 Å². The lowest BCUT2D eigenvalue weighted by Crippen LogP contribution is -2.36. The molecule has 1 saturated heterocycles. The van der Waals surface area contributed by atoms with Crippen LogP contribution >= 0.6 is 0 Å². The highest BCUT2D eigenvalue weighted by atomic mass is 16.6. The summed E-state index contributed by atoms with van der Waals surface area (Å²) in [4.78, 5) is 26.0. The number of esters is 1. The molecule has 6 nitrogen and oxygen atoms in total. The second kappa shape index (κ2) is 8.33. The van der Waals surface area contributed by atoms with Gasteiger partial charge < -0.3 is 19.1 Å². The van der Waals surface area contributed by atoms with Crippen molar-refractivity contribution in [2.24, 2.45) is 0 Å². The summed E-state index contributed by atoms with van der Waals surface area (Å²) in [5, 5.41) is 0. The molecule has 0 unspecified atom stereocenters. The summed E-state index contributed by atoms with van der Waals surface area (Å²) >= 11 is 0. The van der Waals surface area contributed by atoms with Crippen LogP contribution in [0.25, 0.3) is 0 Å². The first kappa shape index (κ1) is 19.7. The van der Waals surface area contributed by atoms with Crippen molar-refractivity contribution in [2.45, 2.75) is 38.9 Å². The van der Waals surface area contributed by atoms with Crippen LogP contribution in [-0.2, 0) is 9.47 Å². The van der Waals surface area contributed by atoms with E-state index in [2.05, 4.69) is 0 Å². The Morgan fingerprint density at radius 1 is 0.964 bits per heavy atom. The van der Waals surface area contributed by atoms with Gasteiger partial charge in [-0.3, -0.25) is 0 Å². The van der Waals surface area contributed by atoms with Crippen LogP contribution in [0.1, 0.15) is 37.6 Å². The van der Waals surface area contributed by atoms with E-state index >= 15 is 0 Å². The average Bonchev–Trinajstić information content (AvgIpc) is 3.10. The van der Waals surface area contributed by atoms with Crippen molar-refractivity contribution in [3.8, 4) is 11.5 Å². The van der Waals surface area contributed by atoms with Crippen LogP contribution < -0.4 is 4.74 Å². The van der Waals surface area contributed by atoms with Gasteiger partial charge in [0, 0.05) is 13.0 Å². The third-order valence-electron chi connectivity index (χ3n) is 4.14. The van der Waals surface area contributed by atoms with Crippen LogP contribution in [0, 0.1) is 0 Å². The van der Waals surface area contributed by atoms with Crippen LogP contribution in [0.2, 0.25) is 0 Å². The number of rotatable bonds is 4. The molecule has 148 valence electrons. The van der Waals surface area contributed by atoms with Gasteiger partial charge in [0.1, 0.15) is 23.2 Å². The molecule has 0 radical (unpaired) electrons. The molecule has 2 aromatic rings. The third-order valence-corrected chi connectivity index (χ3v) is 4.14. The van der Waals surface area contributed by atoms with Gasteiger partial charge in [0.25, 0.3) is 0 Å². The maximum atomic E-state index is 12.4. The fourth-order valence-electron chi connectivity index (χ4n) is 2.82. The van der Waals surface area contributed by atoms with Crippen LogP contribution in [0.5, 0.6) is 11.5 Å². The lowest BCUT2D eigenvalue weighted by atomic mass is 10.2. The monoisotopic (exact) mass is 383 g/mol. The Morgan fingerprint density at radius 2 is 1.61 bits per heavy atom. The van der Waals surface area contributed by atoms with Crippen molar-refractivity contribution in [1.29, 1.82) is 0 Å². The number of para-hydroxylation sites is 1. The van der Waals surface area contributed by atoms with Crippen LogP contribution in [-0.4, -0.2) is 41.8 Å². The Kier molecular flexibility index (Phi) is 5.87. The number of hydrogen-bond donors (Lipinski definition) is 0. The Bertz CT molecular complexity index is 811. The number of carbonyl (C=O) groups excluding carboxylic acids is 2. The van der Waals surface area contributed by atoms with Gasteiger partial charge in [-0.05, 0) is 57.2 Å². The lowest BCUT2D eigenvalue weighted by molar-refractivity contribution is 0.0191. The molecule has 0 spiro atoms. The van der Waals surface area contributed by atoms with Crippen molar-refractivity contribution >= 4 is 12.1 Å². The van der Waals surface area contributed by atoms with Gasteiger partial charge in [0.05, 0.1) is 12.1 Å². The highest BCUT2D eigenvalue weighted by Gasteiger charge is 2.31. The Labute approximate surface area is 165 Å². The zero-order valence-corrected chi connectivity index (χ0v) is 16.4. The highest BCUT2D eigenvalue weighted by molar-refractivity contribution is 5.89. The number of benzene rings is 2. The maximum Gasteiger partial charge on any atom is 0.410 e. The minimum Gasteiger partial charge on any atom is -0.457 e. The number of nitrogens with zero attached hydrogens (tertiary/aromatic N) is 1. The summed E-state index contributed by atoms with van der Waals surface area (Å²) in [5.41, 5.74) is -0.105. The number of ether oxygens (including phenoxy) is 3. The lowest BCUT2D eigenvalue weighted by Gasteiger charge is -2.24. The van der Waals surface area contributed by atoms with Gasteiger partial charge in [0.2, 0.25) is 0 Å². The predicted molar refractivity (Wildman–Crippen MR) is 105 cm³/mol. The smallest absolute Gasteiger partial charge is 0.410 e. The molecule has 1 aliphatic heterocycles. The van der Waals surface area contributed by atoms with E-state index in [4.69, 9.17) is 14.2 Å². The molecule has 1 atom stereocenters. The normalized spacial score (nSPS) is 16.5.